The highest BCUT2D eigenvalue weighted by molar-refractivity contribution is 8.01. The van der Waals surface area contributed by atoms with E-state index in [0.29, 0.717) is 6.42 Å². The lowest BCUT2D eigenvalue weighted by atomic mass is 10.1. The smallest absolute Gasteiger partial charge is 0.220 e. The summed E-state index contributed by atoms with van der Waals surface area (Å²) in [6.07, 6.45) is 1.05. The summed E-state index contributed by atoms with van der Waals surface area (Å²) in [6, 6.07) is 2.41. The highest BCUT2D eigenvalue weighted by atomic mass is 32.2. The number of rotatable bonds is 8. The number of hydrogen-bond donors (Lipinski definition) is 1. The Morgan fingerprint density at radius 1 is 1.24 bits per heavy atom. The van der Waals surface area contributed by atoms with Gasteiger partial charge in [-0.2, -0.15) is 5.26 Å². The van der Waals surface area contributed by atoms with E-state index < -0.39 is 8.32 Å². The molecule has 0 heterocycles. The molecule has 0 aliphatic carbocycles. The molecule has 0 rings (SSSR count). The van der Waals surface area contributed by atoms with Crippen LogP contribution in [0.4, 0.5) is 0 Å². The van der Waals surface area contributed by atoms with Gasteiger partial charge in [0, 0.05) is 11.2 Å². The maximum absolute atomic E-state index is 12.2. The number of nitriles is 1. The predicted molar refractivity (Wildman–Crippen MR) is 111 cm³/mol. The van der Waals surface area contributed by atoms with Crippen LogP contribution < -0.4 is 5.32 Å². The van der Waals surface area contributed by atoms with Gasteiger partial charge in [0.15, 0.2) is 8.32 Å². The van der Waals surface area contributed by atoms with Crippen LogP contribution in [0.3, 0.4) is 0 Å². The molecule has 0 aromatic carbocycles. The Balaban J connectivity index is 5.41. The fourth-order valence-electron chi connectivity index (χ4n) is 2.16. The van der Waals surface area contributed by atoms with Crippen molar-refractivity contribution in [1.29, 1.82) is 5.26 Å². The molecule has 0 bridgehead atoms. The summed E-state index contributed by atoms with van der Waals surface area (Å²) in [5.74, 6) is -0.386. The van der Waals surface area contributed by atoms with Crippen molar-refractivity contribution in [3.63, 3.8) is 0 Å². The van der Waals surface area contributed by atoms with E-state index in [1.807, 2.05) is 13.8 Å². The molecule has 0 fully saturated rings. The lowest BCUT2D eigenvalue weighted by molar-refractivity contribution is -0.121. The molecule has 0 spiro atoms. The monoisotopic (exact) mass is 386 g/mol. The van der Waals surface area contributed by atoms with Crippen LogP contribution in [0.1, 0.15) is 68.2 Å². The van der Waals surface area contributed by atoms with E-state index in [1.165, 1.54) is 0 Å². The average molecular weight is 387 g/mol. The number of thioether (sulfide) groups is 1. The highest BCUT2D eigenvalue weighted by Gasteiger charge is 2.41. The first-order valence-corrected chi connectivity index (χ1v) is 13.0. The van der Waals surface area contributed by atoms with E-state index in [9.17, 15) is 10.1 Å². The van der Waals surface area contributed by atoms with Crippen LogP contribution in [0.15, 0.2) is 0 Å². The van der Waals surface area contributed by atoms with Crippen LogP contribution in [-0.4, -0.2) is 30.4 Å². The summed E-state index contributed by atoms with van der Waals surface area (Å²) < 4.78 is 6.38. The van der Waals surface area contributed by atoms with Gasteiger partial charge in [-0.25, -0.2) is 0 Å². The number of carbonyl (C=O) groups is 1. The molecule has 0 saturated heterocycles. The third-order valence-corrected chi connectivity index (χ3v) is 10.5. The van der Waals surface area contributed by atoms with Gasteiger partial charge in [-0.1, -0.05) is 48.5 Å². The molecule has 1 amide bonds. The summed E-state index contributed by atoms with van der Waals surface area (Å²) in [5, 5.41) is 12.7. The average Bonchev–Trinajstić information content (AvgIpc) is 2.35. The molecule has 0 saturated carbocycles. The standard InChI is InChI=1S/C19H38N2O2SSi/c1-11-12-16(22)21-17(24-18(3,4)5)15(13-20)14(2)23-25(9,10)19(6,7)8/h14-15,17H,11-12H2,1-10H3,(H,21,22)/t14-,15-,17-/m1/s1. The van der Waals surface area contributed by atoms with Gasteiger partial charge in [0.2, 0.25) is 5.91 Å². The molecule has 1 N–H and O–H groups in total. The lowest BCUT2D eigenvalue weighted by Gasteiger charge is -2.41. The first-order chi connectivity index (χ1) is 11.1. The SMILES string of the molecule is CCCC(=O)N[C@H](SC(C)(C)C)[C@H](C#N)[C@@H](C)O[Si](C)(C)C(C)(C)C. The zero-order chi connectivity index (χ0) is 20.1. The van der Waals surface area contributed by atoms with Gasteiger partial charge in [-0.05, 0) is 31.5 Å². The summed E-state index contributed by atoms with van der Waals surface area (Å²) in [4.78, 5) is 12.2. The van der Waals surface area contributed by atoms with E-state index in [1.54, 1.807) is 11.8 Å². The van der Waals surface area contributed by atoms with Crippen LogP contribution in [0.2, 0.25) is 18.1 Å². The molecule has 0 radical (unpaired) electrons. The molecule has 0 aromatic heterocycles. The summed E-state index contributed by atoms with van der Waals surface area (Å²) >= 11 is 1.63. The Bertz CT molecular complexity index is 475. The highest BCUT2D eigenvalue weighted by Crippen LogP contribution is 2.39. The number of hydrogen-bond acceptors (Lipinski definition) is 4. The third-order valence-electron chi connectivity index (χ3n) is 4.53. The van der Waals surface area contributed by atoms with Gasteiger partial charge in [-0.15, -0.1) is 11.8 Å². The van der Waals surface area contributed by atoms with E-state index in [2.05, 4.69) is 66.0 Å². The zero-order valence-electron chi connectivity index (χ0n) is 17.8. The third kappa shape index (κ3) is 8.61. The Morgan fingerprint density at radius 2 is 1.76 bits per heavy atom. The van der Waals surface area contributed by atoms with Crippen LogP contribution >= 0.6 is 11.8 Å². The van der Waals surface area contributed by atoms with Crippen LogP contribution in [0, 0.1) is 17.2 Å². The van der Waals surface area contributed by atoms with Crippen molar-refractivity contribution in [3.05, 3.63) is 0 Å². The van der Waals surface area contributed by atoms with Crippen molar-refractivity contribution >= 4 is 26.0 Å². The maximum atomic E-state index is 12.2. The second-order valence-corrected chi connectivity index (χ2v) is 15.9. The van der Waals surface area contributed by atoms with Gasteiger partial charge in [0.1, 0.15) is 5.92 Å². The largest absolute Gasteiger partial charge is 0.413 e. The predicted octanol–water partition coefficient (Wildman–Crippen LogP) is 5.31. The lowest BCUT2D eigenvalue weighted by Crippen LogP contribution is -2.49. The first-order valence-electron chi connectivity index (χ1n) is 9.19. The second kappa shape index (κ2) is 9.43. The Hall–Kier alpha value is -0.513. The van der Waals surface area contributed by atoms with Gasteiger partial charge >= 0.3 is 0 Å². The van der Waals surface area contributed by atoms with Gasteiger partial charge in [0.05, 0.1) is 17.5 Å². The summed E-state index contributed by atoms with van der Waals surface area (Å²) in [7, 11) is -1.98. The molecular weight excluding hydrogens is 348 g/mol. The molecule has 6 heteroatoms. The Morgan fingerprint density at radius 3 is 2.12 bits per heavy atom. The number of amides is 1. The molecular formula is C19H38N2O2SSi. The number of nitrogens with one attached hydrogen (secondary N) is 1. The van der Waals surface area contributed by atoms with E-state index in [0.717, 1.165) is 6.42 Å². The molecule has 146 valence electrons. The molecule has 0 unspecified atom stereocenters. The molecule has 0 aromatic rings. The van der Waals surface area contributed by atoms with Crippen molar-refractivity contribution in [2.45, 2.75) is 103 Å². The Labute approximate surface area is 160 Å². The minimum Gasteiger partial charge on any atom is -0.413 e. The van der Waals surface area contributed by atoms with Crippen molar-refractivity contribution < 1.29 is 9.22 Å². The summed E-state index contributed by atoms with van der Waals surface area (Å²) in [5.41, 5.74) is 0. The maximum Gasteiger partial charge on any atom is 0.220 e. The van der Waals surface area contributed by atoms with Crippen molar-refractivity contribution in [2.75, 3.05) is 0 Å². The van der Waals surface area contributed by atoms with E-state index in [4.69, 9.17) is 4.43 Å². The molecule has 0 aliphatic rings. The van der Waals surface area contributed by atoms with Gasteiger partial charge < -0.3 is 9.74 Å². The van der Waals surface area contributed by atoms with Gasteiger partial charge in [-0.3, -0.25) is 4.79 Å². The van der Waals surface area contributed by atoms with E-state index in [-0.39, 0.29) is 33.1 Å². The van der Waals surface area contributed by atoms with Crippen LogP contribution in [0.5, 0.6) is 0 Å². The second-order valence-electron chi connectivity index (χ2n) is 9.21. The van der Waals surface area contributed by atoms with Crippen molar-refractivity contribution in [1.82, 2.24) is 5.32 Å². The molecule has 25 heavy (non-hydrogen) atoms. The summed E-state index contributed by atoms with van der Waals surface area (Å²) in [6.45, 7) is 21.2. The number of nitrogens with zero attached hydrogens (tertiary/aromatic N) is 1. The minimum absolute atomic E-state index is 0.00373. The topological polar surface area (TPSA) is 62.1 Å². The fourth-order valence-corrected chi connectivity index (χ4v) is 4.98. The first kappa shape index (κ1) is 24.5. The van der Waals surface area contributed by atoms with E-state index >= 15 is 0 Å². The van der Waals surface area contributed by atoms with Gasteiger partial charge in [0.25, 0.3) is 0 Å². The number of carbonyl (C=O) groups excluding carboxylic acids is 1. The van der Waals surface area contributed by atoms with Crippen LogP contribution in [-0.2, 0) is 9.22 Å². The molecule has 3 atom stereocenters. The molecule has 4 nitrogen and oxygen atoms in total. The quantitative estimate of drug-likeness (QED) is 0.453. The Kier molecular flexibility index (Phi) is 9.24. The zero-order valence-corrected chi connectivity index (χ0v) is 19.6. The van der Waals surface area contributed by atoms with Crippen molar-refractivity contribution in [2.24, 2.45) is 5.92 Å². The van der Waals surface area contributed by atoms with Crippen molar-refractivity contribution in [3.8, 4) is 6.07 Å². The van der Waals surface area contributed by atoms with Crippen LogP contribution in [0.25, 0.3) is 0 Å². The fraction of sp³-hybridized carbons (Fsp3) is 0.895. The molecule has 0 aliphatic heterocycles. The normalized spacial score (nSPS) is 16.7. The minimum atomic E-state index is -1.98.